The molecule has 4 nitrogen and oxygen atoms in total. The summed E-state index contributed by atoms with van der Waals surface area (Å²) in [7, 11) is 0. The van der Waals surface area contributed by atoms with Crippen molar-refractivity contribution in [3.05, 3.63) is 36.9 Å². The summed E-state index contributed by atoms with van der Waals surface area (Å²) < 4.78 is 24.9. The van der Waals surface area contributed by atoms with Gasteiger partial charge in [0.2, 0.25) is 5.91 Å². The summed E-state index contributed by atoms with van der Waals surface area (Å²) >= 11 is 0. The number of amides is 1. The standard InChI is InChI=1S/C15H18FNO3/c1-2-14(18)17-12-3-5-13(6-4-12)20-11-15(16)7-9-19-10-8-15/h2-6H,1,7-11H2,(H,17,18). The Morgan fingerprint density at radius 1 is 1.40 bits per heavy atom. The van der Waals surface area contributed by atoms with E-state index in [1.165, 1.54) is 6.08 Å². The summed E-state index contributed by atoms with van der Waals surface area (Å²) in [5.41, 5.74) is -0.670. The maximum atomic E-state index is 14.3. The SMILES string of the molecule is C=CC(=O)Nc1ccc(OCC2(F)CCOCC2)cc1. The van der Waals surface area contributed by atoms with Crippen LogP contribution in [0.3, 0.4) is 0 Å². The predicted molar refractivity (Wildman–Crippen MR) is 74.7 cm³/mol. The second-order valence-corrected chi connectivity index (χ2v) is 4.77. The highest BCUT2D eigenvalue weighted by Gasteiger charge is 2.33. The molecule has 1 saturated heterocycles. The minimum atomic E-state index is -1.31. The van der Waals surface area contributed by atoms with Gasteiger partial charge in [-0.3, -0.25) is 4.79 Å². The Labute approximate surface area is 117 Å². The van der Waals surface area contributed by atoms with Crippen LogP contribution in [0.1, 0.15) is 12.8 Å². The molecule has 1 amide bonds. The highest BCUT2D eigenvalue weighted by Crippen LogP contribution is 2.26. The van der Waals surface area contributed by atoms with E-state index in [2.05, 4.69) is 11.9 Å². The smallest absolute Gasteiger partial charge is 0.247 e. The first-order valence-corrected chi connectivity index (χ1v) is 6.54. The lowest BCUT2D eigenvalue weighted by Gasteiger charge is -2.29. The molecule has 0 aliphatic carbocycles. The van der Waals surface area contributed by atoms with E-state index in [1.54, 1.807) is 24.3 Å². The quantitative estimate of drug-likeness (QED) is 0.843. The number of benzene rings is 1. The summed E-state index contributed by atoms with van der Waals surface area (Å²) in [5.74, 6) is 0.300. The van der Waals surface area contributed by atoms with Gasteiger partial charge in [0.15, 0.2) is 0 Å². The van der Waals surface area contributed by atoms with E-state index in [0.717, 1.165) is 0 Å². The zero-order valence-corrected chi connectivity index (χ0v) is 11.2. The Bertz CT molecular complexity index is 467. The molecule has 5 heteroatoms. The van der Waals surface area contributed by atoms with Gasteiger partial charge < -0.3 is 14.8 Å². The molecular weight excluding hydrogens is 261 g/mol. The number of halogens is 1. The van der Waals surface area contributed by atoms with E-state index in [1.807, 2.05) is 0 Å². The molecule has 1 N–H and O–H groups in total. The van der Waals surface area contributed by atoms with Gasteiger partial charge in [0.1, 0.15) is 18.0 Å². The van der Waals surface area contributed by atoms with Gasteiger partial charge in [-0.05, 0) is 30.3 Å². The fourth-order valence-electron chi connectivity index (χ4n) is 1.92. The van der Waals surface area contributed by atoms with Crippen molar-refractivity contribution in [2.75, 3.05) is 25.1 Å². The second kappa shape index (κ2) is 6.52. The Kier molecular flexibility index (Phi) is 4.74. The second-order valence-electron chi connectivity index (χ2n) is 4.77. The molecule has 1 aliphatic rings. The van der Waals surface area contributed by atoms with Crippen LogP contribution in [-0.2, 0) is 9.53 Å². The lowest BCUT2D eigenvalue weighted by molar-refractivity contribution is -0.111. The molecule has 0 atom stereocenters. The summed E-state index contributed by atoms with van der Waals surface area (Å²) in [4.78, 5) is 11.1. The van der Waals surface area contributed by atoms with E-state index in [9.17, 15) is 9.18 Å². The Morgan fingerprint density at radius 2 is 2.05 bits per heavy atom. The van der Waals surface area contributed by atoms with Gasteiger partial charge in [-0.1, -0.05) is 6.58 Å². The molecule has 20 heavy (non-hydrogen) atoms. The fourth-order valence-corrected chi connectivity index (χ4v) is 1.92. The van der Waals surface area contributed by atoms with Crippen molar-refractivity contribution in [1.82, 2.24) is 0 Å². The van der Waals surface area contributed by atoms with Crippen LogP contribution in [0.4, 0.5) is 10.1 Å². The van der Waals surface area contributed by atoms with Gasteiger partial charge in [-0.2, -0.15) is 0 Å². The van der Waals surface area contributed by atoms with Crippen molar-refractivity contribution in [2.45, 2.75) is 18.5 Å². The van der Waals surface area contributed by atoms with Crippen molar-refractivity contribution in [3.63, 3.8) is 0 Å². The molecule has 108 valence electrons. The normalized spacial score (nSPS) is 17.2. The molecule has 1 fully saturated rings. The van der Waals surface area contributed by atoms with Crippen LogP contribution in [0.2, 0.25) is 0 Å². The molecule has 1 aromatic rings. The minimum absolute atomic E-state index is 0.0225. The van der Waals surface area contributed by atoms with Gasteiger partial charge in [0.25, 0.3) is 0 Å². The van der Waals surface area contributed by atoms with Crippen molar-refractivity contribution in [1.29, 1.82) is 0 Å². The Hall–Kier alpha value is -1.88. The summed E-state index contributed by atoms with van der Waals surface area (Å²) in [6.07, 6.45) is 1.92. The Morgan fingerprint density at radius 3 is 2.65 bits per heavy atom. The molecular formula is C15H18FNO3. The minimum Gasteiger partial charge on any atom is -0.490 e. The van der Waals surface area contributed by atoms with Crippen molar-refractivity contribution in [2.24, 2.45) is 0 Å². The van der Waals surface area contributed by atoms with Gasteiger partial charge >= 0.3 is 0 Å². The van der Waals surface area contributed by atoms with E-state index >= 15 is 0 Å². The largest absolute Gasteiger partial charge is 0.490 e. The van der Waals surface area contributed by atoms with Crippen molar-refractivity contribution in [3.8, 4) is 5.75 Å². The van der Waals surface area contributed by atoms with Gasteiger partial charge in [-0.15, -0.1) is 0 Å². The molecule has 0 saturated carbocycles. The third-order valence-corrected chi connectivity index (χ3v) is 3.19. The lowest BCUT2D eigenvalue weighted by atomic mass is 9.98. The van der Waals surface area contributed by atoms with Crippen LogP contribution in [-0.4, -0.2) is 31.4 Å². The van der Waals surface area contributed by atoms with Crippen molar-refractivity contribution < 1.29 is 18.7 Å². The maximum Gasteiger partial charge on any atom is 0.247 e. The molecule has 0 radical (unpaired) electrons. The number of alkyl halides is 1. The number of anilines is 1. The molecule has 1 aromatic carbocycles. The monoisotopic (exact) mass is 279 g/mol. The van der Waals surface area contributed by atoms with Crippen LogP contribution in [0.5, 0.6) is 5.75 Å². The first kappa shape index (κ1) is 14.5. The van der Waals surface area contributed by atoms with Gasteiger partial charge in [-0.25, -0.2) is 4.39 Å². The number of carbonyl (C=O) groups is 1. The summed E-state index contributed by atoms with van der Waals surface area (Å²) in [6, 6.07) is 6.79. The third kappa shape index (κ3) is 4.06. The van der Waals surface area contributed by atoms with Crippen LogP contribution in [0.25, 0.3) is 0 Å². The molecule has 0 spiro atoms. The molecule has 0 unspecified atom stereocenters. The number of hydrogen-bond acceptors (Lipinski definition) is 3. The van der Waals surface area contributed by atoms with Crippen LogP contribution in [0, 0.1) is 0 Å². The first-order chi connectivity index (χ1) is 9.61. The van der Waals surface area contributed by atoms with E-state index in [4.69, 9.17) is 9.47 Å². The average molecular weight is 279 g/mol. The van der Waals surface area contributed by atoms with Crippen LogP contribution < -0.4 is 10.1 Å². The zero-order chi connectivity index (χ0) is 14.4. The van der Waals surface area contributed by atoms with Gasteiger partial charge in [0.05, 0.1) is 0 Å². The Balaban J connectivity index is 1.87. The molecule has 0 bridgehead atoms. The van der Waals surface area contributed by atoms with E-state index in [0.29, 0.717) is 37.5 Å². The van der Waals surface area contributed by atoms with Gasteiger partial charge in [0, 0.05) is 31.7 Å². The summed E-state index contributed by atoms with van der Waals surface area (Å²) in [5, 5.41) is 2.63. The van der Waals surface area contributed by atoms with Crippen molar-refractivity contribution >= 4 is 11.6 Å². The van der Waals surface area contributed by atoms with Crippen LogP contribution >= 0.6 is 0 Å². The molecule has 1 heterocycles. The molecule has 2 rings (SSSR count). The number of ether oxygens (including phenoxy) is 2. The molecule has 0 aromatic heterocycles. The number of hydrogen-bond donors (Lipinski definition) is 1. The maximum absolute atomic E-state index is 14.3. The number of carbonyl (C=O) groups excluding carboxylic acids is 1. The van der Waals surface area contributed by atoms with E-state index < -0.39 is 5.67 Å². The fraction of sp³-hybridized carbons (Fsp3) is 0.400. The number of nitrogens with one attached hydrogen (secondary N) is 1. The highest BCUT2D eigenvalue weighted by atomic mass is 19.1. The average Bonchev–Trinajstić information content (AvgIpc) is 2.47. The zero-order valence-electron chi connectivity index (χ0n) is 11.2. The first-order valence-electron chi connectivity index (χ1n) is 6.54. The summed E-state index contributed by atoms with van der Waals surface area (Å²) in [6.45, 7) is 4.27. The highest BCUT2D eigenvalue weighted by molar-refractivity contribution is 5.98. The topological polar surface area (TPSA) is 47.6 Å². The number of rotatable bonds is 5. The lowest BCUT2D eigenvalue weighted by Crippen LogP contribution is -2.37. The van der Waals surface area contributed by atoms with E-state index in [-0.39, 0.29) is 12.5 Å². The predicted octanol–water partition coefficient (Wildman–Crippen LogP) is 2.71. The van der Waals surface area contributed by atoms with Crippen LogP contribution in [0.15, 0.2) is 36.9 Å². The third-order valence-electron chi connectivity index (χ3n) is 3.19. The molecule has 1 aliphatic heterocycles.